The lowest BCUT2D eigenvalue weighted by atomic mass is 10.0. The molecule has 114 valence electrons. The molecule has 5 nitrogen and oxygen atoms in total. The summed E-state index contributed by atoms with van der Waals surface area (Å²) in [7, 11) is 3.21. The van der Waals surface area contributed by atoms with Crippen molar-refractivity contribution in [3.63, 3.8) is 0 Å². The smallest absolute Gasteiger partial charge is 0.407 e. The zero-order valence-electron chi connectivity index (χ0n) is 13.3. The van der Waals surface area contributed by atoms with Gasteiger partial charge in [0.25, 0.3) is 0 Å². The predicted molar refractivity (Wildman–Crippen MR) is 75.0 cm³/mol. The van der Waals surface area contributed by atoms with Crippen LogP contribution in [0.1, 0.15) is 47.5 Å². The van der Waals surface area contributed by atoms with E-state index in [9.17, 15) is 4.79 Å². The minimum atomic E-state index is -0.377. The lowest BCUT2D eigenvalue weighted by Gasteiger charge is -2.26. The van der Waals surface area contributed by atoms with Crippen molar-refractivity contribution in [3.05, 3.63) is 0 Å². The normalized spacial score (nSPS) is 13.7. The zero-order valence-corrected chi connectivity index (χ0v) is 13.3. The summed E-state index contributed by atoms with van der Waals surface area (Å²) >= 11 is 0. The Morgan fingerprint density at radius 1 is 1.11 bits per heavy atom. The fraction of sp³-hybridized carbons (Fsp3) is 0.929. The van der Waals surface area contributed by atoms with Gasteiger partial charge in [-0.1, -0.05) is 13.8 Å². The second-order valence-electron chi connectivity index (χ2n) is 6.04. The van der Waals surface area contributed by atoms with Gasteiger partial charge in [-0.15, -0.1) is 0 Å². The van der Waals surface area contributed by atoms with Crippen molar-refractivity contribution < 1.29 is 19.0 Å². The predicted octanol–water partition coefficient (Wildman–Crippen LogP) is 2.93. The molecule has 0 aromatic rings. The first-order valence-electron chi connectivity index (χ1n) is 6.74. The first-order chi connectivity index (χ1) is 8.69. The average molecular weight is 275 g/mol. The van der Waals surface area contributed by atoms with Crippen molar-refractivity contribution in [3.8, 4) is 0 Å². The van der Waals surface area contributed by atoms with E-state index < -0.39 is 0 Å². The van der Waals surface area contributed by atoms with Crippen LogP contribution in [0.3, 0.4) is 0 Å². The number of rotatable bonds is 7. The Morgan fingerprint density at radius 3 is 2.00 bits per heavy atom. The van der Waals surface area contributed by atoms with Crippen molar-refractivity contribution >= 4 is 6.09 Å². The number of ether oxygens (including phenoxy) is 3. The molecule has 0 aliphatic carbocycles. The molecule has 0 heterocycles. The third-order valence-corrected chi connectivity index (χ3v) is 2.69. The molecule has 1 atom stereocenters. The number of methoxy groups -OCH3 is 2. The molecule has 0 spiro atoms. The van der Waals surface area contributed by atoms with E-state index in [1.54, 1.807) is 14.2 Å². The molecule has 0 aliphatic rings. The van der Waals surface area contributed by atoms with Crippen molar-refractivity contribution in [1.29, 1.82) is 0 Å². The zero-order chi connectivity index (χ0) is 15.1. The molecule has 0 saturated carbocycles. The number of carbonyl (C=O) groups is 1. The number of hydrogen-bond acceptors (Lipinski definition) is 4. The molecule has 0 aromatic heterocycles. The number of amides is 1. The number of alkyl carbamates (subject to hydrolysis) is 1. The Hall–Kier alpha value is -0.810. The van der Waals surface area contributed by atoms with Gasteiger partial charge in [0, 0.05) is 26.2 Å². The third-order valence-electron chi connectivity index (χ3n) is 2.69. The van der Waals surface area contributed by atoms with Crippen LogP contribution < -0.4 is 5.32 Å². The molecule has 1 unspecified atom stereocenters. The van der Waals surface area contributed by atoms with Gasteiger partial charge in [-0.3, -0.25) is 0 Å². The summed E-state index contributed by atoms with van der Waals surface area (Å²) in [6.07, 6.45) is 0.628. The largest absolute Gasteiger partial charge is 0.446 e. The van der Waals surface area contributed by atoms with E-state index in [0.717, 1.165) is 0 Å². The monoisotopic (exact) mass is 275 g/mol. The minimum Gasteiger partial charge on any atom is -0.446 e. The van der Waals surface area contributed by atoms with Crippen LogP contribution >= 0.6 is 0 Å². The van der Waals surface area contributed by atoms with Crippen LogP contribution in [0.15, 0.2) is 0 Å². The van der Waals surface area contributed by atoms with Crippen LogP contribution in [0.5, 0.6) is 0 Å². The number of nitrogens with one attached hydrogen (secondary N) is 1. The quantitative estimate of drug-likeness (QED) is 0.726. The number of hydrogen-bond donors (Lipinski definition) is 1. The van der Waals surface area contributed by atoms with Gasteiger partial charge in [-0.05, 0) is 33.1 Å². The van der Waals surface area contributed by atoms with E-state index in [1.807, 2.05) is 34.6 Å². The van der Waals surface area contributed by atoms with Crippen LogP contribution in [0, 0.1) is 5.92 Å². The molecule has 5 heteroatoms. The Labute approximate surface area is 117 Å². The van der Waals surface area contributed by atoms with Crippen molar-refractivity contribution in [2.24, 2.45) is 5.92 Å². The summed E-state index contributed by atoms with van der Waals surface area (Å²) in [5.74, 6) is 0.250. The SMILES string of the molecule is COC(CCC(OC(=O)NC(C)(C)C)C(C)C)OC. The van der Waals surface area contributed by atoms with Gasteiger partial charge in [0.15, 0.2) is 6.29 Å². The molecule has 0 bridgehead atoms. The molecule has 0 aromatic carbocycles. The first kappa shape index (κ1) is 18.2. The maximum atomic E-state index is 11.8. The van der Waals surface area contributed by atoms with E-state index in [2.05, 4.69) is 5.32 Å². The van der Waals surface area contributed by atoms with Crippen LogP contribution in [-0.2, 0) is 14.2 Å². The molecule has 0 aliphatic heterocycles. The van der Waals surface area contributed by atoms with Gasteiger partial charge in [0.2, 0.25) is 0 Å². The van der Waals surface area contributed by atoms with E-state index in [-0.39, 0.29) is 29.9 Å². The van der Waals surface area contributed by atoms with E-state index in [4.69, 9.17) is 14.2 Å². The molecule has 1 amide bonds. The second-order valence-corrected chi connectivity index (χ2v) is 6.04. The average Bonchev–Trinajstić information content (AvgIpc) is 2.25. The van der Waals surface area contributed by atoms with Crippen molar-refractivity contribution in [2.45, 2.75) is 65.4 Å². The van der Waals surface area contributed by atoms with Crippen molar-refractivity contribution in [1.82, 2.24) is 5.32 Å². The van der Waals surface area contributed by atoms with Gasteiger partial charge in [-0.25, -0.2) is 4.79 Å². The van der Waals surface area contributed by atoms with E-state index >= 15 is 0 Å². The van der Waals surface area contributed by atoms with Crippen molar-refractivity contribution in [2.75, 3.05) is 14.2 Å². The first-order valence-corrected chi connectivity index (χ1v) is 6.74. The third kappa shape index (κ3) is 8.83. The van der Waals surface area contributed by atoms with Crippen LogP contribution in [-0.4, -0.2) is 38.2 Å². The maximum Gasteiger partial charge on any atom is 0.407 e. The molecule has 19 heavy (non-hydrogen) atoms. The summed E-state index contributed by atoms with van der Waals surface area (Å²) in [4.78, 5) is 11.8. The van der Waals surface area contributed by atoms with Crippen LogP contribution in [0.4, 0.5) is 4.79 Å². The van der Waals surface area contributed by atoms with Gasteiger partial charge in [0.1, 0.15) is 6.10 Å². The topological polar surface area (TPSA) is 56.8 Å². The molecule has 0 rings (SSSR count). The van der Waals surface area contributed by atoms with E-state index in [1.165, 1.54) is 0 Å². The highest BCUT2D eigenvalue weighted by atomic mass is 16.7. The van der Waals surface area contributed by atoms with E-state index in [0.29, 0.717) is 12.8 Å². The summed E-state index contributed by atoms with van der Waals surface area (Å²) in [6, 6.07) is 0. The van der Waals surface area contributed by atoms with Gasteiger partial charge < -0.3 is 19.5 Å². The molecule has 1 N–H and O–H groups in total. The number of carbonyl (C=O) groups excluding carboxylic acids is 1. The Bertz CT molecular complexity index is 257. The van der Waals surface area contributed by atoms with Gasteiger partial charge in [-0.2, -0.15) is 0 Å². The highest BCUT2D eigenvalue weighted by Gasteiger charge is 2.22. The Morgan fingerprint density at radius 2 is 1.63 bits per heavy atom. The molecular formula is C14H29NO4. The highest BCUT2D eigenvalue weighted by molar-refractivity contribution is 5.68. The second kappa shape index (κ2) is 8.38. The van der Waals surface area contributed by atoms with Gasteiger partial charge >= 0.3 is 6.09 Å². The fourth-order valence-electron chi connectivity index (χ4n) is 1.63. The molecule has 0 saturated heterocycles. The summed E-state index contributed by atoms with van der Waals surface area (Å²) < 4.78 is 15.7. The summed E-state index contributed by atoms with van der Waals surface area (Å²) in [6.45, 7) is 9.83. The molecule has 0 radical (unpaired) electrons. The standard InChI is InChI=1S/C14H29NO4/c1-10(2)11(8-9-12(17-6)18-7)19-13(16)15-14(3,4)5/h10-12H,8-9H2,1-7H3,(H,15,16). The molecular weight excluding hydrogens is 246 g/mol. The molecule has 0 fully saturated rings. The fourth-order valence-corrected chi connectivity index (χ4v) is 1.63. The van der Waals surface area contributed by atoms with Gasteiger partial charge in [0.05, 0.1) is 0 Å². The lowest BCUT2D eigenvalue weighted by Crippen LogP contribution is -2.43. The summed E-state index contributed by atoms with van der Waals surface area (Å²) in [5, 5.41) is 2.80. The lowest BCUT2D eigenvalue weighted by molar-refractivity contribution is -0.112. The van der Waals surface area contributed by atoms with Crippen LogP contribution in [0.25, 0.3) is 0 Å². The highest BCUT2D eigenvalue weighted by Crippen LogP contribution is 2.16. The Kier molecular flexibility index (Phi) is 8.02. The summed E-state index contributed by atoms with van der Waals surface area (Å²) in [5.41, 5.74) is -0.291. The maximum absolute atomic E-state index is 11.8. The Balaban J connectivity index is 4.30. The van der Waals surface area contributed by atoms with Crippen LogP contribution in [0.2, 0.25) is 0 Å². The minimum absolute atomic E-state index is 0.143.